The number of aliphatic hydroxyl groups excluding tert-OH is 1. The van der Waals surface area contributed by atoms with Crippen LogP contribution in [0.4, 0.5) is 0 Å². The van der Waals surface area contributed by atoms with Gasteiger partial charge in [0.15, 0.2) is 0 Å². The quantitative estimate of drug-likeness (QED) is 0.848. The summed E-state index contributed by atoms with van der Waals surface area (Å²) < 4.78 is 0. The van der Waals surface area contributed by atoms with Gasteiger partial charge in [0.25, 0.3) is 0 Å². The number of hydrogen-bond donors (Lipinski definition) is 2. The highest BCUT2D eigenvalue weighted by Crippen LogP contribution is 2.47. The Labute approximate surface area is 142 Å². The van der Waals surface area contributed by atoms with Crippen LogP contribution in [-0.4, -0.2) is 64.7 Å². The van der Waals surface area contributed by atoms with Gasteiger partial charge in [0.1, 0.15) is 5.54 Å². The fourth-order valence-corrected chi connectivity index (χ4v) is 3.61. The van der Waals surface area contributed by atoms with E-state index in [0.29, 0.717) is 0 Å². The monoisotopic (exact) mass is 334 g/mol. The number of likely N-dealkylation sites (N-methyl/N-ethyl adjacent to an activating group) is 2. The summed E-state index contributed by atoms with van der Waals surface area (Å²) in [5.41, 5.74) is 0.903. The molecule has 1 saturated heterocycles. The third-order valence-corrected chi connectivity index (χ3v) is 5.29. The topological polar surface area (TPSA) is 81.1 Å². The van der Waals surface area contributed by atoms with Crippen LogP contribution in [0.3, 0.4) is 0 Å². The van der Waals surface area contributed by atoms with Gasteiger partial charge in [-0.3, -0.25) is 14.5 Å². The Kier molecular flexibility index (Phi) is 5.30. The van der Waals surface area contributed by atoms with Crippen LogP contribution in [0.15, 0.2) is 24.3 Å². The van der Waals surface area contributed by atoms with E-state index in [0.717, 1.165) is 11.1 Å². The van der Waals surface area contributed by atoms with Crippen molar-refractivity contribution in [1.82, 2.24) is 9.80 Å². The van der Waals surface area contributed by atoms with E-state index in [1.807, 2.05) is 31.2 Å². The number of hydrogen-bond acceptors (Lipinski definition) is 4. The number of aryl methyl sites for hydroxylation is 1. The van der Waals surface area contributed by atoms with Crippen molar-refractivity contribution in [2.24, 2.45) is 5.92 Å². The number of likely N-dealkylation sites (tertiary alicyclic amines) is 1. The minimum Gasteiger partial charge on any atom is -0.480 e. The summed E-state index contributed by atoms with van der Waals surface area (Å²) in [5.74, 6) is -1.52. The van der Waals surface area contributed by atoms with Gasteiger partial charge in [-0.25, -0.2) is 0 Å². The van der Waals surface area contributed by atoms with Crippen molar-refractivity contribution >= 4 is 11.9 Å². The Morgan fingerprint density at radius 1 is 1.38 bits per heavy atom. The first-order chi connectivity index (χ1) is 11.2. The summed E-state index contributed by atoms with van der Waals surface area (Å²) in [5, 5.41) is 18.8. The first-order valence-corrected chi connectivity index (χ1v) is 8.11. The molecule has 2 unspecified atom stereocenters. The van der Waals surface area contributed by atoms with E-state index in [1.54, 1.807) is 25.9 Å². The fourth-order valence-electron chi connectivity index (χ4n) is 3.61. The van der Waals surface area contributed by atoms with Crippen LogP contribution in [-0.2, 0) is 9.59 Å². The lowest BCUT2D eigenvalue weighted by atomic mass is 9.87. The zero-order valence-corrected chi connectivity index (χ0v) is 14.7. The molecule has 1 aliphatic heterocycles. The van der Waals surface area contributed by atoms with E-state index in [2.05, 4.69) is 0 Å². The number of carboxylic acids is 1. The molecule has 24 heavy (non-hydrogen) atoms. The maximum absolute atomic E-state index is 12.9. The van der Waals surface area contributed by atoms with Gasteiger partial charge in [-0.15, -0.1) is 0 Å². The molecule has 0 spiro atoms. The van der Waals surface area contributed by atoms with Crippen molar-refractivity contribution in [3.63, 3.8) is 0 Å². The maximum Gasteiger partial charge on any atom is 0.323 e. The molecule has 1 aliphatic rings. The normalized spacial score (nSPS) is 27.2. The largest absolute Gasteiger partial charge is 0.480 e. The molecule has 0 saturated carbocycles. The molecule has 1 fully saturated rings. The number of aliphatic carboxylic acids is 1. The standard InChI is InChI=1S/C18H26N2O4/c1-12-7-5-6-8-13(12)15-14(16(22)19(3)9-10-21)11-18(2,17(23)24)20(15)4/h5-8,14-15,21H,9-11H2,1-4H3,(H,23,24)/t14?,15?,18-/m0/s1. The Balaban J connectivity index is 2.48. The van der Waals surface area contributed by atoms with Crippen LogP contribution in [0.1, 0.15) is 30.5 Å². The molecule has 6 nitrogen and oxygen atoms in total. The van der Waals surface area contributed by atoms with E-state index >= 15 is 0 Å². The molecule has 0 bridgehead atoms. The maximum atomic E-state index is 12.9. The third kappa shape index (κ3) is 3.03. The second kappa shape index (κ2) is 6.91. The van der Waals surface area contributed by atoms with Gasteiger partial charge in [0.2, 0.25) is 5.91 Å². The number of carboxylic acid groups (broad SMARTS) is 1. The zero-order valence-electron chi connectivity index (χ0n) is 14.7. The molecule has 6 heteroatoms. The molecular weight excluding hydrogens is 308 g/mol. The van der Waals surface area contributed by atoms with Crippen LogP contribution in [0.2, 0.25) is 0 Å². The minimum atomic E-state index is -1.10. The highest BCUT2D eigenvalue weighted by atomic mass is 16.4. The van der Waals surface area contributed by atoms with Gasteiger partial charge < -0.3 is 15.1 Å². The van der Waals surface area contributed by atoms with Crippen LogP contribution in [0.25, 0.3) is 0 Å². The summed E-state index contributed by atoms with van der Waals surface area (Å²) >= 11 is 0. The van der Waals surface area contributed by atoms with Gasteiger partial charge in [-0.1, -0.05) is 24.3 Å². The molecule has 0 aromatic heterocycles. The lowest BCUT2D eigenvalue weighted by Crippen LogP contribution is -2.46. The highest BCUT2D eigenvalue weighted by Gasteiger charge is 2.55. The number of amides is 1. The fraction of sp³-hybridized carbons (Fsp3) is 0.556. The lowest BCUT2D eigenvalue weighted by Gasteiger charge is -2.33. The summed E-state index contributed by atoms with van der Waals surface area (Å²) in [6, 6.07) is 7.46. The summed E-state index contributed by atoms with van der Waals surface area (Å²) in [6.45, 7) is 3.76. The summed E-state index contributed by atoms with van der Waals surface area (Å²) in [6.07, 6.45) is 0.242. The lowest BCUT2D eigenvalue weighted by molar-refractivity contribution is -0.148. The zero-order chi connectivity index (χ0) is 18.1. The average Bonchev–Trinajstić information content (AvgIpc) is 2.81. The Morgan fingerprint density at radius 2 is 2.00 bits per heavy atom. The van der Waals surface area contributed by atoms with E-state index < -0.39 is 17.4 Å². The van der Waals surface area contributed by atoms with E-state index in [-0.39, 0.29) is 31.5 Å². The molecule has 1 heterocycles. The van der Waals surface area contributed by atoms with Gasteiger partial charge >= 0.3 is 5.97 Å². The first-order valence-electron chi connectivity index (χ1n) is 8.11. The molecule has 1 aromatic carbocycles. The Bertz CT molecular complexity index is 633. The van der Waals surface area contributed by atoms with Crippen molar-refractivity contribution in [3.8, 4) is 0 Å². The smallest absolute Gasteiger partial charge is 0.323 e. The summed E-state index contributed by atoms with van der Waals surface area (Å²) in [4.78, 5) is 28.0. The van der Waals surface area contributed by atoms with Crippen LogP contribution in [0.5, 0.6) is 0 Å². The first kappa shape index (κ1) is 18.4. The molecule has 1 amide bonds. The molecule has 0 radical (unpaired) electrons. The second-order valence-corrected chi connectivity index (χ2v) is 6.79. The van der Waals surface area contributed by atoms with Gasteiger partial charge in [-0.05, 0) is 38.4 Å². The van der Waals surface area contributed by atoms with Gasteiger partial charge in [0.05, 0.1) is 12.5 Å². The van der Waals surface area contributed by atoms with Gasteiger partial charge in [0, 0.05) is 19.6 Å². The predicted octanol–water partition coefficient (Wildman–Crippen LogP) is 1.28. The van der Waals surface area contributed by atoms with Gasteiger partial charge in [-0.2, -0.15) is 0 Å². The number of carbonyl (C=O) groups excluding carboxylic acids is 1. The molecule has 132 valence electrons. The second-order valence-electron chi connectivity index (χ2n) is 6.79. The number of nitrogens with zero attached hydrogens (tertiary/aromatic N) is 2. The van der Waals surface area contributed by atoms with Crippen LogP contribution in [0, 0.1) is 12.8 Å². The third-order valence-electron chi connectivity index (χ3n) is 5.29. The number of carbonyl (C=O) groups is 2. The summed E-state index contributed by atoms with van der Waals surface area (Å²) in [7, 11) is 3.41. The van der Waals surface area contributed by atoms with Crippen molar-refractivity contribution in [2.75, 3.05) is 27.2 Å². The molecule has 2 N–H and O–H groups in total. The van der Waals surface area contributed by atoms with Crippen LogP contribution >= 0.6 is 0 Å². The van der Waals surface area contributed by atoms with E-state index in [1.165, 1.54) is 4.90 Å². The predicted molar refractivity (Wildman–Crippen MR) is 90.6 cm³/mol. The number of aliphatic hydroxyl groups is 1. The molecule has 0 aliphatic carbocycles. The van der Waals surface area contributed by atoms with Crippen LogP contribution < -0.4 is 0 Å². The molecule has 2 rings (SSSR count). The number of rotatable bonds is 5. The van der Waals surface area contributed by atoms with E-state index in [9.17, 15) is 14.7 Å². The Morgan fingerprint density at radius 3 is 2.54 bits per heavy atom. The van der Waals surface area contributed by atoms with Crippen molar-refractivity contribution in [2.45, 2.75) is 31.8 Å². The minimum absolute atomic E-state index is 0.115. The van der Waals surface area contributed by atoms with Crippen molar-refractivity contribution in [3.05, 3.63) is 35.4 Å². The Hall–Kier alpha value is -1.92. The van der Waals surface area contributed by atoms with Crippen molar-refractivity contribution in [1.29, 1.82) is 0 Å². The molecular formula is C18H26N2O4. The molecule has 3 atom stereocenters. The SMILES string of the molecule is Cc1ccccc1C1C(C(=O)N(C)CCO)C[C@@](C)(C(=O)O)N1C. The highest BCUT2D eigenvalue weighted by molar-refractivity contribution is 5.85. The van der Waals surface area contributed by atoms with E-state index in [4.69, 9.17) is 5.11 Å². The molecule has 1 aromatic rings. The average molecular weight is 334 g/mol. The number of benzene rings is 1. The van der Waals surface area contributed by atoms with Crippen molar-refractivity contribution < 1.29 is 19.8 Å².